The Morgan fingerprint density at radius 2 is 1.75 bits per heavy atom. The Hall–Kier alpha value is -2.12. The fraction of sp³-hybridized carbons (Fsp3) is 0.500. The van der Waals surface area contributed by atoms with Crippen molar-refractivity contribution in [2.75, 3.05) is 6.54 Å². The molecule has 0 spiro atoms. The van der Waals surface area contributed by atoms with Crippen LogP contribution in [0.3, 0.4) is 0 Å². The SMILES string of the molecule is O=C(CC(=O)N[C@H]1CCC[C@H]1c1ccc(F)cc1)NCC(F)(F)F. The first-order valence-corrected chi connectivity index (χ1v) is 7.63. The van der Waals surface area contributed by atoms with E-state index >= 15 is 0 Å². The number of rotatable bonds is 5. The van der Waals surface area contributed by atoms with E-state index in [1.807, 2.05) is 0 Å². The highest BCUT2D eigenvalue weighted by atomic mass is 19.4. The largest absolute Gasteiger partial charge is 0.405 e. The Morgan fingerprint density at radius 3 is 2.38 bits per heavy atom. The zero-order valence-electron chi connectivity index (χ0n) is 12.8. The standard InChI is InChI=1S/C16H18F4N2O2/c17-11-6-4-10(5-7-11)12-2-1-3-13(12)22-15(24)8-14(23)21-9-16(18,19)20/h4-7,12-13H,1-3,8-9H2,(H,21,23)(H,22,24)/t12-,13-/m0/s1. The molecule has 1 fully saturated rings. The van der Waals surface area contributed by atoms with Crippen LogP contribution in [0.2, 0.25) is 0 Å². The molecular formula is C16H18F4N2O2. The molecule has 24 heavy (non-hydrogen) atoms. The fourth-order valence-corrected chi connectivity index (χ4v) is 2.91. The van der Waals surface area contributed by atoms with Gasteiger partial charge in [0.25, 0.3) is 0 Å². The van der Waals surface area contributed by atoms with Crippen LogP contribution < -0.4 is 10.6 Å². The second kappa shape index (κ2) is 7.63. The van der Waals surface area contributed by atoms with E-state index in [0.717, 1.165) is 18.4 Å². The smallest absolute Gasteiger partial charge is 0.352 e. The molecule has 0 aromatic heterocycles. The second-order valence-electron chi connectivity index (χ2n) is 5.83. The molecule has 0 heterocycles. The Morgan fingerprint density at radius 1 is 1.08 bits per heavy atom. The van der Waals surface area contributed by atoms with Gasteiger partial charge >= 0.3 is 6.18 Å². The monoisotopic (exact) mass is 346 g/mol. The van der Waals surface area contributed by atoms with Crippen LogP contribution in [0.5, 0.6) is 0 Å². The molecule has 1 aromatic carbocycles. The highest BCUT2D eigenvalue weighted by Gasteiger charge is 2.31. The van der Waals surface area contributed by atoms with Crippen molar-refractivity contribution in [3.63, 3.8) is 0 Å². The average Bonchev–Trinajstić information content (AvgIpc) is 2.93. The van der Waals surface area contributed by atoms with Gasteiger partial charge in [-0.1, -0.05) is 18.6 Å². The lowest BCUT2D eigenvalue weighted by Gasteiger charge is -2.21. The van der Waals surface area contributed by atoms with Gasteiger partial charge in [0, 0.05) is 12.0 Å². The Labute approximate surface area is 136 Å². The summed E-state index contributed by atoms with van der Waals surface area (Å²) in [6, 6.07) is 5.79. The molecule has 8 heteroatoms. The molecule has 2 amide bonds. The topological polar surface area (TPSA) is 58.2 Å². The van der Waals surface area contributed by atoms with Crippen LogP contribution in [0.4, 0.5) is 17.6 Å². The van der Waals surface area contributed by atoms with Crippen molar-refractivity contribution in [1.82, 2.24) is 10.6 Å². The third-order valence-electron chi connectivity index (χ3n) is 3.97. The molecule has 0 saturated heterocycles. The predicted molar refractivity (Wildman–Crippen MR) is 78.6 cm³/mol. The van der Waals surface area contributed by atoms with Crippen molar-refractivity contribution >= 4 is 11.8 Å². The maximum atomic E-state index is 13.0. The van der Waals surface area contributed by atoms with E-state index < -0.39 is 31.0 Å². The van der Waals surface area contributed by atoms with Gasteiger partial charge in [-0.15, -0.1) is 0 Å². The first-order valence-electron chi connectivity index (χ1n) is 7.63. The Kier molecular flexibility index (Phi) is 5.80. The summed E-state index contributed by atoms with van der Waals surface area (Å²) in [5.74, 6) is -1.93. The van der Waals surface area contributed by atoms with E-state index in [1.54, 1.807) is 17.4 Å². The summed E-state index contributed by atoms with van der Waals surface area (Å²) in [6.07, 6.45) is -2.77. The minimum absolute atomic E-state index is 0.00721. The second-order valence-corrected chi connectivity index (χ2v) is 5.83. The van der Waals surface area contributed by atoms with Crippen molar-refractivity contribution in [2.24, 2.45) is 0 Å². The number of amides is 2. The zero-order valence-corrected chi connectivity index (χ0v) is 12.8. The maximum Gasteiger partial charge on any atom is 0.405 e. The van der Waals surface area contributed by atoms with Gasteiger partial charge in [-0.3, -0.25) is 9.59 Å². The fourth-order valence-electron chi connectivity index (χ4n) is 2.91. The number of hydrogen-bond donors (Lipinski definition) is 2. The molecule has 0 unspecified atom stereocenters. The van der Waals surface area contributed by atoms with Crippen LogP contribution in [0.1, 0.15) is 37.2 Å². The Bertz CT molecular complexity index is 587. The van der Waals surface area contributed by atoms with Gasteiger partial charge in [-0.2, -0.15) is 13.2 Å². The zero-order chi connectivity index (χ0) is 17.7. The van der Waals surface area contributed by atoms with Gasteiger partial charge in [0.1, 0.15) is 18.8 Å². The molecule has 132 valence electrons. The third-order valence-corrected chi connectivity index (χ3v) is 3.97. The molecule has 0 aliphatic heterocycles. The molecule has 2 rings (SSSR count). The summed E-state index contributed by atoms with van der Waals surface area (Å²) in [4.78, 5) is 23.2. The minimum Gasteiger partial charge on any atom is -0.352 e. The first-order chi connectivity index (χ1) is 11.2. The van der Waals surface area contributed by atoms with Crippen molar-refractivity contribution in [3.05, 3.63) is 35.6 Å². The van der Waals surface area contributed by atoms with E-state index in [4.69, 9.17) is 0 Å². The van der Waals surface area contributed by atoms with Gasteiger partial charge < -0.3 is 10.6 Å². The predicted octanol–water partition coefficient (Wildman–Crippen LogP) is 2.65. The van der Waals surface area contributed by atoms with Crippen molar-refractivity contribution in [2.45, 2.75) is 43.8 Å². The minimum atomic E-state index is -4.51. The number of carbonyl (C=O) groups excluding carboxylic acids is 2. The van der Waals surface area contributed by atoms with Crippen LogP contribution in [-0.2, 0) is 9.59 Å². The first kappa shape index (κ1) is 18.2. The van der Waals surface area contributed by atoms with E-state index in [2.05, 4.69) is 5.32 Å². The number of alkyl halides is 3. The van der Waals surface area contributed by atoms with Crippen molar-refractivity contribution in [1.29, 1.82) is 0 Å². The van der Waals surface area contributed by atoms with Crippen molar-refractivity contribution in [3.8, 4) is 0 Å². The molecule has 2 atom stereocenters. The molecule has 4 nitrogen and oxygen atoms in total. The molecule has 1 aliphatic carbocycles. The van der Waals surface area contributed by atoms with Crippen LogP contribution in [0, 0.1) is 5.82 Å². The number of halogens is 4. The van der Waals surface area contributed by atoms with Crippen molar-refractivity contribution < 1.29 is 27.2 Å². The quantitative estimate of drug-likeness (QED) is 0.636. The number of carbonyl (C=O) groups is 2. The molecule has 0 bridgehead atoms. The lowest BCUT2D eigenvalue weighted by molar-refractivity contribution is -0.140. The van der Waals surface area contributed by atoms with Crippen LogP contribution in [0.25, 0.3) is 0 Å². The van der Waals surface area contributed by atoms with Crippen LogP contribution in [-0.4, -0.2) is 30.6 Å². The number of hydrogen-bond acceptors (Lipinski definition) is 2. The third kappa shape index (κ3) is 5.50. The highest BCUT2D eigenvalue weighted by Crippen LogP contribution is 2.34. The summed E-state index contributed by atoms with van der Waals surface area (Å²) in [5.41, 5.74) is 0.890. The lowest BCUT2D eigenvalue weighted by atomic mass is 9.94. The van der Waals surface area contributed by atoms with Crippen LogP contribution in [0.15, 0.2) is 24.3 Å². The van der Waals surface area contributed by atoms with Gasteiger partial charge in [0.15, 0.2) is 0 Å². The Balaban J connectivity index is 1.86. The molecule has 0 radical (unpaired) electrons. The summed E-state index contributed by atoms with van der Waals surface area (Å²) in [6.45, 7) is -1.46. The van der Waals surface area contributed by atoms with E-state index in [0.29, 0.717) is 6.42 Å². The molecule has 1 saturated carbocycles. The van der Waals surface area contributed by atoms with Gasteiger partial charge in [0.05, 0.1) is 0 Å². The molecular weight excluding hydrogens is 328 g/mol. The molecule has 2 N–H and O–H groups in total. The summed E-state index contributed by atoms with van der Waals surface area (Å²) >= 11 is 0. The summed E-state index contributed by atoms with van der Waals surface area (Å²) in [5, 5.41) is 4.36. The highest BCUT2D eigenvalue weighted by molar-refractivity contribution is 5.97. The number of benzene rings is 1. The number of nitrogens with one attached hydrogen (secondary N) is 2. The maximum absolute atomic E-state index is 13.0. The van der Waals surface area contributed by atoms with Gasteiger partial charge in [-0.25, -0.2) is 4.39 Å². The molecule has 1 aliphatic rings. The van der Waals surface area contributed by atoms with E-state index in [-0.39, 0.29) is 17.8 Å². The normalized spacial score (nSPS) is 20.7. The average molecular weight is 346 g/mol. The molecule has 1 aromatic rings. The summed E-state index contributed by atoms with van der Waals surface area (Å²) < 4.78 is 49.0. The van der Waals surface area contributed by atoms with Crippen LogP contribution >= 0.6 is 0 Å². The summed E-state index contributed by atoms with van der Waals surface area (Å²) in [7, 11) is 0. The van der Waals surface area contributed by atoms with E-state index in [9.17, 15) is 27.2 Å². The lowest BCUT2D eigenvalue weighted by Crippen LogP contribution is -2.41. The van der Waals surface area contributed by atoms with Gasteiger partial charge in [-0.05, 0) is 30.5 Å². The van der Waals surface area contributed by atoms with E-state index in [1.165, 1.54) is 12.1 Å². The van der Waals surface area contributed by atoms with Gasteiger partial charge in [0.2, 0.25) is 11.8 Å².